The number of fused-ring (bicyclic) bond motifs is 8. The summed E-state index contributed by atoms with van der Waals surface area (Å²) in [6, 6.07) is 15.5. The Morgan fingerprint density at radius 1 is 0.457 bits per heavy atom. The Bertz CT molecular complexity index is 2290. The van der Waals surface area contributed by atoms with Gasteiger partial charge in [-0.05, 0) is 47.5 Å². The van der Waals surface area contributed by atoms with Gasteiger partial charge in [0.15, 0.2) is 0 Å². The van der Waals surface area contributed by atoms with Gasteiger partial charge in [0.1, 0.15) is 35.4 Å². The lowest BCUT2D eigenvalue weighted by atomic mass is 9.99. The van der Waals surface area contributed by atoms with Gasteiger partial charge in [0.2, 0.25) is 0 Å². The van der Waals surface area contributed by atoms with Crippen LogP contribution in [-0.2, 0) is 12.4 Å². The normalized spacial score (nSPS) is 12.8. The molecule has 0 spiro atoms. The van der Waals surface area contributed by atoms with Crippen LogP contribution in [0.25, 0.3) is 55.7 Å². The van der Waals surface area contributed by atoms with Crippen LogP contribution in [0.1, 0.15) is 33.6 Å². The fraction of sp³-hybridized carbons (Fsp3) is 0.0625. The molecule has 218 valence electrons. The second kappa shape index (κ2) is 9.43. The minimum atomic E-state index is -4.70. The SMILES string of the molecule is N#CC(C#N)=C1c2cc(C(F)(F)F)ccc2-c2nc3cc4nc5c(nc4cc3nc21)-c1ccc(C(F)(F)F)cc1C5=C(C#N)C#N. The van der Waals surface area contributed by atoms with Crippen molar-refractivity contribution >= 4 is 33.2 Å². The summed E-state index contributed by atoms with van der Waals surface area (Å²) in [7, 11) is 0. The molecular weight excluding hydrogens is 610 g/mol. The van der Waals surface area contributed by atoms with Crippen molar-refractivity contribution in [1.29, 1.82) is 21.0 Å². The Hall–Kier alpha value is -6.64. The van der Waals surface area contributed by atoms with E-state index in [1.165, 1.54) is 24.3 Å². The first-order valence-electron chi connectivity index (χ1n) is 12.9. The lowest BCUT2D eigenvalue weighted by Crippen LogP contribution is -2.05. The minimum Gasteiger partial charge on any atom is -0.244 e. The third-order valence-corrected chi connectivity index (χ3v) is 7.61. The number of nitrogens with zero attached hydrogens (tertiary/aromatic N) is 8. The van der Waals surface area contributed by atoms with E-state index in [0.717, 1.165) is 24.3 Å². The van der Waals surface area contributed by atoms with Crippen LogP contribution in [0, 0.1) is 45.3 Å². The van der Waals surface area contributed by atoms with Gasteiger partial charge in [0, 0.05) is 22.3 Å². The molecule has 2 aliphatic rings. The molecule has 5 aromatic rings. The van der Waals surface area contributed by atoms with Gasteiger partial charge in [0.05, 0.1) is 56.0 Å². The molecule has 7 rings (SSSR count). The molecule has 2 aliphatic carbocycles. The van der Waals surface area contributed by atoms with E-state index in [1.54, 1.807) is 24.3 Å². The van der Waals surface area contributed by atoms with Gasteiger partial charge in [-0.15, -0.1) is 0 Å². The van der Waals surface area contributed by atoms with E-state index in [4.69, 9.17) is 0 Å². The van der Waals surface area contributed by atoms with Crippen molar-refractivity contribution in [2.45, 2.75) is 12.4 Å². The highest BCUT2D eigenvalue weighted by Gasteiger charge is 2.37. The van der Waals surface area contributed by atoms with Gasteiger partial charge < -0.3 is 0 Å². The molecule has 0 bridgehead atoms. The first-order valence-corrected chi connectivity index (χ1v) is 12.9. The smallest absolute Gasteiger partial charge is 0.244 e. The van der Waals surface area contributed by atoms with Crippen LogP contribution in [0.15, 0.2) is 59.7 Å². The zero-order valence-electron chi connectivity index (χ0n) is 22.5. The monoisotopic (exact) mass is 618 g/mol. The Morgan fingerprint density at radius 2 is 0.783 bits per heavy atom. The molecule has 2 heterocycles. The van der Waals surface area contributed by atoms with Crippen LogP contribution >= 0.6 is 0 Å². The van der Waals surface area contributed by atoms with E-state index < -0.39 is 34.6 Å². The summed E-state index contributed by atoms with van der Waals surface area (Å²) in [5.74, 6) is 0. The predicted octanol–water partition coefficient (Wildman–Crippen LogP) is 7.27. The van der Waals surface area contributed by atoms with Crippen molar-refractivity contribution in [3.05, 3.63) is 93.3 Å². The molecule has 0 atom stereocenters. The van der Waals surface area contributed by atoms with Crippen LogP contribution in [0.3, 0.4) is 0 Å². The summed E-state index contributed by atoms with van der Waals surface area (Å²) in [5.41, 5.74) is -1.80. The Balaban J connectivity index is 1.50. The predicted molar refractivity (Wildman–Crippen MR) is 148 cm³/mol. The molecule has 14 heteroatoms. The number of hydrogen-bond donors (Lipinski definition) is 0. The Kier molecular flexibility index (Phi) is 5.77. The molecule has 46 heavy (non-hydrogen) atoms. The maximum absolute atomic E-state index is 13.6. The fourth-order valence-corrected chi connectivity index (χ4v) is 5.63. The Labute approximate surface area is 253 Å². The average Bonchev–Trinajstić information content (AvgIpc) is 3.49. The van der Waals surface area contributed by atoms with Crippen molar-refractivity contribution in [3.8, 4) is 46.8 Å². The molecule has 0 saturated carbocycles. The lowest BCUT2D eigenvalue weighted by Gasteiger charge is -2.09. The van der Waals surface area contributed by atoms with Crippen LogP contribution in [0.4, 0.5) is 26.3 Å². The van der Waals surface area contributed by atoms with E-state index >= 15 is 0 Å². The maximum Gasteiger partial charge on any atom is 0.416 e. The summed E-state index contributed by atoms with van der Waals surface area (Å²) in [6.07, 6.45) is -9.40. The number of alkyl halides is 6. The third kappa shape index (κ3) is 3.98. The molecule has 0 N–H and O–H groups in total. The highest BCUT2D eigenvalue weighted by molar-refractivity contribution is 6.06. The minimum absolute atomic E-state index is 0.0105. The highest BCUT2D eigenvalue weighted by atomic mass is 19.4. The van der Waals surface area contributed by atoms with Crippen LogP contribution < -0.4 is 0 Å². The number of halogens is 6. The van der Waals surface area contributed by atoms with Crippen molar-refractivity contribution in [1.82, 2.24) is 19.9 Å². The van der Waals surface area contributed by atoms with E-state index in [1.807, 2.05) is 0 Å². The van der Waals surface area contributed by atoms with Crippen LogP contribution in [0.5, 0.6) is 0 Å². The summed E-state index contributed by atoms with van der Waals surface area (Å²) in [6.45, 7) is 0. The van der Waals surface area contributed by atoms with Crippen LogP contribution in [0.2, 0.25) is 0 Å². The first kappa shape index (κ1) is 28.1. The number of allylic oxidation sites excluding steroid dienone is 2. The largest absolute Gasteiger partial charge is 0.416 e. The van der Waals surface area contributed by atoms with E-state index in [0.29, 0.717) is 0 Å². The first-order chi connectivity index (χ1) is 21.9. The number of rotatable bonds is 0. The molecule has 0 radical (unpaired) electrons. The number of nitriles is 4. The molecular formula is C32H8F6N8. The van der Waals surface area contributed by atoms with Crippen LogP contribution in [-0.4, -0.2) is 19.9 Å². The second-order valence-electron chi connectivity index (χ2n) is 10.1. The Morgan fingerprint density at radius 3 is 1.09 bits per heavy atom. The van der Waals surface area contributed by atoms with E-state index in [-0.39, 0.29) is 78.2 Å². The molecule has 0 saturated heterocycles. The number of benzene rings is 3. The molecule has 0 fully saturated rings. The third-order valence-electron chi connectivity index (χ3n) is 7.61. The molecule has 8 nitrogen and oxygen atoms in total. The van der Waals surface area contributed by atoms with Gasteiger partial charge in [-0.3, -0.25) is 0 Å². The quantitative estimate of drug-likeness (QED) is 0.0980. The zero-order valence-corrected chi connectivity index (χ0v) is 22.5. The van der Waals surface area contributed by atoms with Gasteiger partial charge in [-0.1, -0.05) is 12.1 Å². The molecule has 0 aliphatic heterocycles. The van der Waals surface area contributed by atoms with Gasteiger partial charge in [-0.2, -0.15) is 47.4 Å². The zero-order chi connectivity index (χ0) is 32.7. The standard InChI is InChI=1S/C32H8F6N8/c33-31(34,35)15-1-3-17-19(5-15)25(13(9-39)10-40)29-27(17)43-21-7-24-22(8-23(21)45-29)44-28-18-4-2-16(32(36,37)38)6-20(18)26(30(28)46-24)14(11-41)12-42/h1-8H. The van der Waals surface area contributed by atoms with Gasteiger partial charge in [-0.25, -0.2) is 19.9 Å². The highest BCUT2D eigenvalue weighted by Crippen LogP contribution is 2.48. The topological polar surface area (TPSA) is 147 Å². The fourth-order valence-electron chi connectivity index (χ4n) is 5.63. The molecule has 2 aromatic heterocycles. The second-order valence-corrected chi connectivity index (χ2v) is 10.1. The number of hydrogen-bond acceptors (Lipinski definition) is 8. The van der Waals surface area contributed by atoms with Gasteiger partial charge in [0.25, 0.3) is 0 Å². The molecule has 0 amide bonds. The van der Waals surface area contributed by atoms with E-state index in [9.17, 15) is 47.4 Å². The summed E-state index contributed by atoms with van der Waals surface area (Å²) in [4.78, 5) is 18.3. The molecule has 0 unspecified atom stereocenters. The summed E-state index contributed by atoms with van der Waals surface area (Å²) in [5, 5.41) is 38.5. The van der Waals surface area contributed by atoms with Gasteiger partial charge >= 0.3 is 12.4 Å². The number of aromatic nitrogens is 4. The summed E-state index contributed by atoms with van der Waals surface area (Å²) >= 11 is 0. The van der Waals surface area contributed by atoms with Crippen molar-refractivity contribution in [2.75, 3.05) is 0 Å². The van der Waals surface area contributed by atoms with Crippen molar-refractivity contribution < 1.29 is 26.3 Å². The summed E-state index contributed by atoms with van der Waals surface area (Å²) < 4.78 is 81.4. The lowest BCUT2D eigenvalue weighted by molar-refractivity contribution is -0.138. The van der Waals surface area contributed by atoms with Crippen molar-refractivity contribution in [2.24, 2.45) is 0 Å². The molecule has 3 aromatic carbocycles. The van der Waals surface area contributed by atoms with E-state index in [2.05, 4.69) is 19.9 Å². The average molecular weight is 618 g/mol. The van der Waals surface area contributed by atoms with Crippen molar-refractivity contribution in [3.63, 3.8) is 0 Å². The maximum atomic E-state index is 13.6.